The second-order valence-electron chi connectivity index (χ2n) is 18.0. The summed E-state index contributed by atoms with van der Waals surface area (Å²) in [5, 5.41) is 7.37. The highest BCUT2D eigenvalue weighted by Crippen LogP contribution is 2.46. The molecule has 322 valence electrons. The Kier molecular flexibility index (Phi) is 8.90. The highest BCUT2D eigenvalue weighted by molar-refractivity contribution is 6.26. The Morgan fingerprint density at radius 1 is 0.217 bits per heavy atom. The first-order valence-corrected chi connectivity index (χ1v) is 23.8. The second kappa shape index (κ2) is 15.7. The summed E-state index contributed by atoms with van der Waals surface area (Å²) >= 11 is 0. The van der Waals surface area contributed by atoms with Crippen molar-refractivity contribution in [1.29, 1.82) is 0 Å². The highest BCUT2D eigenvalue weighted by atomic mass is 15.0. The minimum absolute atomic E-state index is 1.13. The van der Waals surface area contributed by atoms with E-state index < -0.39 is 0 Å². The Morgan fingerprint density at radius 3 is 1.41 bits per heavy atom. The summed E-state index contributed by atoms with van der Waals surface area (Å²) in [5.41, 5.74) is 19.9. The molecule has 3 aromatic heterocycles. The standard InChI is InChI=1S/C66H43N3/c1-4-19-44(20-5-1)46-35-38-49(39-36-46)67-58-31-14-10-27-53(58)56-41-42-62-64(66(56)67)57-28-13-17-34-61(57)68(62)59-32-15-11-25-51(59)54-29-18-30-55-52-26-12-16-33-60(52)69(65(54)55)63-43-48(45-21-6-2-7-22-45)37-40-50(63)47-23-8-3-9-24-47/h1-43H. The van der Waals surface area contributed by atoms with Crippen molar-refractivity contribution in [2.24, 2.45) is 0 Å². The molecule has 0 aliphatic heterocycles. The van der Waals surface area contributed by atoms with Crippen molar-refractivity contribution in [1.82, 2.24) is 13.7 Å². The average Bonchev–Trinajstić information content (AvgIpc) is 4.07. The molecule has 0 radical (unpaired) electrons. The van der Waals surface area contributed by atoms with Gasteiger partial charge in [-0.1, -0.05) is 212 Å². The van der Waals surface area contributed by atoms with Crippen LogP contribution in [0.3, 0.4) is 0 Å². The normalized spacial score (nSPS) is 11.8. The summed E-state index contributed by atoms with van der Waals surface area (Å²) in [5.74, 6) is 0. The fraction of sp³-hybridized carbons (Fsp3) is 0. The van der Waals surface area contributed by atoms with E-state index in [2.05, 4.69) is 275 Å². The van der Waals surface area contributed by atoms with Crippen LogP contribution in [0.25, 0.3) is 127 Å². The lowest BCUT2D eigenvalue weighted by Gasteiger charge is -2.19. The molecular weight excluding hydrogens is 835 g/mol. The van der Waals surface area contributed by atoms with Crippen LogP contribution < -0.4 is 0 Å². The van der Waals surface area contributed by atoms with Crippen LogP contribution >= 0.6 is 0 Å². The van der Waals surface area contributed by atoms with Crippen LogP contribution in [0.2, 0.25) is 0 Å². The Labute approximate surface area is 399 Å². The zero-order valence-electron chi connectivity index (χ0n) is 37.7. The van der Waals surface area contributed by atoms with E-state index >= 15 is 0 Å². The monoisotopic (exact) mass is 877 g/mol. The smallest absolute Gasteiger partial charge is 0.0641 e. The summed E-state index contributed by atoms with van der Waals surface area (Å²) in [6.07, 6.45) is 0. The van der Waals surface area contributed by atoms with Crippen LogP contribution in [0, 0.1) is 0 Å². The number of para-hydroxylation sites is 5. The average molecular weight is 878 g/mol. The number of nitrogens with zero attached hydrogens (tertiary/aromatic N) is 3. The number of benzene rings is 11. The molecule has 0 amide bonds. The lowest BCUT2D eigenvalue weighted by molar-refractivity contribution is 1.17. The summed E-state index contributed by atoms with van der Waals surface area (Å²) in [7, 11) is 0. The molecule has 0 atom stereocenters. The van der Waals surface area contributed by atoms with E-state index in [4.69, 9.17) is 0 Å². The van der Waals surface area contributed by atoms with E-state index in [1.165, 1.54) is 98.8 Å². The third-order valence-electron chi connectivity index (χ3n) is 14.3. The van der Waals surface area contributed by atoms with E-state index in [0.29, 0.717) is 0 Å². The molecule has 3 nitrogen and oxygen atoms in total. The van der Waals surface area contributed by atoms with E-state index in [1.807, 2.05) is 0 Å². The van der Waals surface area contributed by atoms with Gasteiger partial charge in [0.05, 0.1) is 44.5 Å². The van der Waals surface area contributed by atoms with Crippen LogP contribution in [-0.2, 0) is 0 Å². The van der Waals surface area contributed by atoms with Gasteiger partial charge >= 0.3 is 0 Å². The van der Waals surface area contributed by atoms with E-state index in [-0.39, 0.29) is 0 Å². The van der Waals surface area contributed by atoms with Crippen LogP contribution in [0.15, 0.2) is 261 Å². The van der Waals surface area contributed by atoms with Gasteiger partial charge in [-0.25, -0.2) is 0 Å². The van der Waals surface area contributed by atoms with Crippen LogP contribution in [0.4, 0.5) is 0 Å². The fourth-order valence-electron chi connectivity index (χ4n) is 11.2. The Hall–Kier alpha value is -9.18. The molecule has 3 heteroatoms. The second-order valence-corrected chi connectivity index (χ2v) is 18.0. The lowest BCUT2D eigenvalue weighted by Crippen LogP contribution is -2.01. The zero-order valence-corrected chi connectivity index (χ0v) is 37.7. The molecule has 0 saturated carbocycles. The molecule has 0 saturated heterocycles. The van der Waals surface area contributed by atoms with Crippen molar-refractivity contribution in [3.8, 4) is 61.6 Å². The Morgan fingerprint density at radius 2 is 0.710 bits per heavy atom. The Balaban J connectivity index is 1.05. The molecule has 14 rings (SSSR count). The molecule has 0 unspecified atom stereocenters. The van der Waals surface area contributed by atoms with Gasteiger partial charge in [0.1, 0.15) is 0 Å². The molecule has 0 aliphatic rings. The van der Waals surface area contributed by atoms with Gasteiger partial charge in [0.2, 0.25) is 0 Å². The molecule has 3 heterocycles. The third-order valence-corrected chi connectivity index (χ3v) is 14.3. The first kappa shape index (κ1) is 39.0. The molecule has 0 fully saturated rings. The van der Waals surface area contributed by atoms with E-state index in [1.54, 1.807) is 0 Å². The summed E-state index contributed by atoms with van der Waals surface area (Å²) in [6.45, 7) is 0. The van der Waals surface area contributed by atoms with Gasteiger partial charge in [0.25, 0.3) is 0 Å². The summed E-state index contributed by atoms with van der Waals surface area (Å²) in [6, 6.07) is 95.5. The van der Waals surface area contributed by atoms with Crippen molar-refractivity contribution < 1.29 is 0 Å². The Bertz CT molecular complexity index is 4270. The first-order chi connectivity index (χ1) is 34.3. The quantitative estimate of drug-likeness (QED) is 0.152. The number of hydrogen-bond acceptors (Lipinski definition) is 0. The molecule has 0 N–H and O–H groups in total. The first-order valence-electron chi connectivity index (χ1n) is 23.8. The largest absolute Gasteiger partial charge is 0.309 e. The van der Waals surface area contributed by atoms with Gasteiger partial charge in [0, 0.05) is 54.7 Å². The summed E-state index contributed by atoms with van der Waals surface area (Å²) < 4.78 is 7.52. The fourth-order valence-corrected chi connectivity index (χ4v) is 11.2. The molecule has 0 spiro atoms. The van der Waals surface area contributed by atoms with Crippen molar-refractivity contribution in [2.45, 2.75) is 0 Å². The van der Waals surface area contributed by atoms with Crippen LogP contribution in [0.1, 0.15) is 0 Å². The maximum absolute atomic E-state index is 2.53. The van der Waals surface area contributed by atoms with Crippen LogP contribution in [0.5, 0.6) is 0 Å². The van der Waals surface area contributed by atoms with Gasteiger partial charge < -0.3 is 13.7 Å². The van der Waals surface area contributed by atoms with Crippen molar-refractivity contribution in [3.63, 3.8) is 0 Å². The number of hydrogen-bond donors (Lipinski definition) is 0. The predicted molar refractivity (Wildman–Crippen MR) is 291 cm³/mol. The molecule has 0 aliphatic carbocycles. The molecule has 14 aromatic rings. The topological polar surface area (TPSA) is 14.8 Å². The van der Waals surface area contributed by atoms with Gasteiger partial charge in [-0.3, -0.25) is 0 Å². The van der Waals surface area contributed by atoms with Crippen molar-refractivity contribution in [2.75, 3.05) is 0 Å². The van der Waals surface area contributed by atoms with Crippen molar-refractivity contribution in [3.05, 3.63) is 261 Å². The van der Waals surface area contributed by atoms with Crippen LogP contribution in [-0.4, -0.2) is 13.7 Å². The summed E-state index contributed by atoms with van der Waals surface area (Å²) in [4.78, 5) is 0. The molecule has 0 bridgehead atoms. The van der Waals surface area contributed by atoms with Crippen molar-refractivity contribution >= 4 is 65.4 Å². The number of fused-ring (bicyclic) bond motifs is 10. The maximum Gasteiger partial charge on any atom is 0.0641 e. The minimum atomic E-state index is 1.13. The van der Waals surface area contributed by atoms with Gasteiger partial charge in [-0.2, -0.15) is 0 Å². The zero-order chi connectivity index (χ0) is 45.4. The van der Waals surface area contributed by atoms with Gasteiger partial charge in [-0.05, 0) is 76.3 Å². The molecule has 69 heavy (non-hydrogen) atoms. The number of rotatable bonds is 7. The van der Waals surface area contributed by atoms with E-state index in [9.17, 15) is 0 Å². The van der Waals surface area contributed by atoms with Gasteiger partial charge in [0.15, 0.2) is 0 Å². The SMILES string of the molecule is c1ccc(-c2ccc(-n3c4ccccc4c4ccc5c(c6ccccc6n5-c5ccccc5-c5cccc6c7ccccc7n(-c7cc(-c8ccccc8)ccc7-c7ccccc7)c56)c43)cc2)cc1. The predicted octanol–water partition coefficient (Wildman–Crippen LogP) is 17.6. The minimum Gasteiger partial charge on any atom is -0.309 e. The highest BCUT2D eigenvalue weighted by Gasteiger charge is 2.25. The van der Waals surface area contributed by atoms with Gasteiger partial charge in [-0.15, -0.1) is 0 Å². The van der Waals surface area contributed by atoms with E-state index in [0.717, 1.165) is 28.1 Å². The molecule has 11 aromatic carbocycles. The number of aromatic nitrogens is 3. The lowest BCUT2D eigenvalue weighted by atomic mass is 9.97. The maximum atomic E-state index is 2.53. The molecular formula is C66H43N3. The third kappa shape index (κ3) is 6.07.